The second-order valence-corrected chi connectivity index (χ2v) is 7.55. The van der Waals surface area contributed by atoms with E-state index in [1.807, 2.05) is 30.3 Å². The van der Waals surface area contributed by atoms with Crippen molar-refractivity contribution in [2.45, 2.75) is 44.1 Å². The predicted octanol–water partition coefficient (Wildman–Crippen LogP) is 5.63. The summed E-state index contributed by atoms with van der Waals surface area (Å²) < 4.78 is 0. The molecule has 0 radical (unpaired) electrons. The van der Waals surface area contributed by atoms with E-state index < -0.39 is 5.60 Å². The molecule has 1 aliphatic heterocycles. The number of piperidine rings is 1. The third-order valence-electron chi connectivity index (χ3n) is 5.55. The van der Waals surface area contributed by atoms with Crippen molar-refractivity contribution in [2.75, 3.05) is 19.6 Å². The number of nitrogens with zero attached hydrogens (tertiary/aromatic N) is 1. The zero-order valence-electron chi connectivity index (χ0n) is 15.4. The van der Waals surface area contributed by atoms with Gasteiger partial charge in [-0.15, -0.1) is 12.4 Å². The molecule has 1 heterocycles. The number of halogens is 2. The van der Waals surface area contributed by atoms with Crippen LogP contribution in [0.2, 0.25) is 5.02 Å². The van der Waals surface area contributed by atoms with Gasteiger partial charge in [-0.05, 0) is 55.6 Å². The molecule has 1 N–H and O–H groups in total. The summed E-state index contributed by atoms with van der Waals surface area (Å²) >= 11 is 6.07. The number of hydrogen-bond donors (Lipinski definition) is 1. The van der Waals surface area contributed by atoms with Crippen LogP contribution in [0.3, 0.4) is 0 Å². The number of rotatable bonds is 6. The maximum atomic E-state index is 11.8. The number of likely N-dealkylation sites (tertiary alicyclic amines) is 1. The first-order valence-corrected chi connectivity index (χ1v) is 9.77. The molecule has 2 nitrogen and oxygen atoms in total. The van der Waals surface area contributed by atoms with Crippen LogP contribution in [0.5, 0.6) is 0 Å². The van der Waals surface area contributed by atoms with Crippen molar-refractivity contribution in [3.05, 3.63) is 70.7 Å². The van der Waals surface area contributed by atoms with Crippen LogP contribution < -0.4 is 0 Å². The van der Waals surface area contributed by atoms with Crippen LogP contribution in [0.15, 0.2) is 54.6 Å². The summed E-state index contributed by atoms with van der Waals surface area (Å²) in [6.07, 6.45) is 4.50. The van der Waals surface area contributed by atoms with E-state index in [1.165, 1.54) is 24.8 Å². The quantitative estimate of drug-likeness (QED) is 0.687. The molecule has 0 spiro atoms. The molecule has 0 aliphatic carbocycles. The highest BCUT2D eigenvalue weighted by Crippen LogP contribution is 2.41. The van der Waals surface area contributed by atoms with Crippen LogP contribution in [0.4, 0.5) is 0 Å². The first-order chi connectivity index (χ1) is 12.1. The largest absolute Gasteiger partial charge is 0.384 e. The Morgan fingerprint density at radius 2 is 1.62 bits per heavy atom. The summed E-state index contributed by atoms with van der Waals surface area (Å²) in [5.74, 6) is 0.0398. The summed E-state index contributed by atoms with van der Waals surface area (Å²) in [4.78, 5) is 2.51. The third kappa shape index (κ3) is 4.80. The number of hydrogen-bond acceptors (Lipinski definition) is 2. The summed E-state index contributed by atoms with van der Waals surface area (Å²) in [7, 11) is 0. The van der Waals surface area contributed by atoms with E-state index >= 15 is 0 Å². The van der Waals surface area contributed by atoms with Crippen LogP contribution >= 0.6 is 24.0 Å². The lowest BCUT2D eigenvalue weighted by Gasteiger charge is -2.40. The molecule has 2 aromatic carbocycles. The molecule has 142 valence electrons. The van der Waals surface area contributed by atoms with Crippen molar-refractivity contribution in [2.24, 2.45) is 0 Å². The Balaban J connectivity index is 0.00000243. The maximum Gasteiger partial charge on any atom is 0.0974 e. The van der Waals surface area contributed by atoms with Crippen LogP contribution in [0.25, 0.3) is 0 Å². The van der Waals surface area contributed by atoms with Gasteiger partial charge in [-0.1, -0.05) is 67.4 Å². The third-order valence-corrected chi connectivity index (χ3v) is 5.80. The number of aliphatic hydroxyl groups is 1. The smallest absolute Gasteiger partial charge is 0.0974 e. The second-order valence-electron chi connectivity index (χ2n) is 7.11. The molecule has 0 bridgehead atoms. The zero-order chi connectivity index (χ0) is 17.7. The molecular formula is C22H29Cl2NO. The Morgan fingerprint density at radius 1 is 1.00 bits per heavy atom. The van der Waals surface area contributed by atoms with Crippen LogP contribution in [0, 0.1) is 0 Å². The molecule has 0 amide bonds. The normalized spacial score (nSPS) is 18.6. The fraction of sp³-hybridized carbons (Fsp3) is 0.455. The average molecular weight is 394 g/mol. The maximum absolute atomic E-state index is 11.8. The van der Waals surface area contributed by atoms with Crippen molar-refractivity contribution < 1.29 is 5.11 Å². The fourth-order valence-electron chi connectivity index (χ4n) is 4.01. The van der Waals surface area contributed by atoms with E-state index in [4.69, 9.17) is 11.6 Å². The molecule has 0 aromatic heterocycles. The SMILES string of the molecule is CCC(O)(c1ccc(Cl)cc1)C(CN1CCCCC1)c1ccccc1.Cl. The summed E-state index contributed by atoms with van der Waals surface area (Å²) in [6, 6.07) is 18.1. The van der Waals surface area contributed by atoms with Gasteiger partial charge in [0.2, 0.25) is 0 Å². The summed E-state index contributed by atoms with van der Waals surface area (Å²) in [5, 5.41) is 12.5. The van der Waals surface area contributed by atoms with E-state index in [0.29, 0.717) is 11.4 Å². The van der Waals surface area contributed by atoms with Gasteiger partial charge in [-0.25, -0.2) is 0 Å². The van der Waals surface area contributed by atoms with Crippen molar-refractivity contribution in [1.29, 1.82) is 0 Å². The van der Waals surface area contributed by atoms with E-state index in [-0.39, 0.29) is 18.3 Å². The van der Waals surface area contributed by atoms with E-state index in [9.17, 15) is 5.11 Å². The Kier molecular flexibility index (Phi) is 7.97. The highest BCUT2D eigenvalue weighted by Gasteiger charge is 2.39. The Hall–Kier alpha value is -1.06. The van der Waals surface area contributed by atoms with Gasteiger partial charge in [0.15, 0.2) is 0 Å². The van der Waals surface area contributed by atoms with Gasteiger partial charge in [-0.2, -0.15) is 0 Å². The first-order valence-electron chi connectivity index (χ1n) is 9.39. The van der Waals surface area contributed by atoms with Crippen LogP contribution in [0.1, 0.15) is 49.7 Å². The Labute approximate surface area is 168 Å². The van der Waals surface area contributed by atoms with E-state index in [1.54, 1.807) is 0 Å². The minimum Gasteiger partial charge on any atom is -0.384 e. The molecule has 2 aromatic rings. The van der Waals surface area contributed by atoms with Crippen molar-refractivity contribution >= 4 is 24.0 Å². The Morgan fingerprint density at radius 3 is 2.19 bits per heavy atom. The Bertz CT molecular complexity index is 656. The minimum absolute atomic E-state index is 0. The van der Waals surface area contributed by atoms with Crippen molar-refractivity contribution in [3.8, 4) is 0 Å². The van der Waals surface area contributed by atoms with Crippen LogP contribution in [-0.4, -0.2) is 29.6 Å². The lowest BCUT2D eigenvalue weighted by Crippen LogP contribution is -2.42. The fourth-order valence-corrected chi connectivity index (χ4v) is 4.13. The molecule has 4 heteroatoms. The van der Waals surface area contributed by atoms with E-state index in [2.05, 4.69) is 36.1 Å². The van der Waals surface area contributed by atoms with Gasteiger partial charge in [0.05, 0.1) is 5.60 Å². The zero-order valence-corrected chi connectivity index (χ0v) is 17.0. The second kappa shape index (κ2) is 9.75. The predicted molar refractivity (Wildman–Crippen MR) is 112 cm³/mol. The first kappa shape index (κ1) is 21.2. The molecule has 2 unspecified atom stereocenters. The van der Waals surface area contributed by atoms with E-state index in [0.717, 1.165) is 25.2 Å². The van der Waals surface area contributed by atoms with Gasteiger partial charge in [0, 0.05) is 17.5 Å². The molecule has 2 atom stereocenters. The van der Waals surface area contributed by atoms with Crippen molar-refractivity contribution in [1.82, 2.24) is 4.90 Å². The summed E-state index contributed by atoms with van der Waals surface area (Å²) in [6.45, 7) is 5.21. The van der Waals surface area contributed by atoms with Gasteiger partial charge in [-0.3, -0.25) is 0 Å². The van der Waals surface area contributed by atoms with Gasteiger partial charge in [0.25, 0.3) is 0 Å². The average Bonchev–Trinajstić information content (AvgIpc) is 2.67. The van der Waals surface area contributed by atoms with Gasteiger partial charge < -0.3 is 10.0 Å². The highest BCUT2D eigenvalue weighted by molar-refractivity contribution is 6.30. The molecule has 1 saturated heterocycles. The van der Waals surface area contributed by atoms with Crippen molar-refractivity contribution in [3.63, 3.8) is 0 Å². The van der Waals surface area contributed by atoms with Gasteiger partial charge in [0.1, 0.15) is 0 Å². The molecule has 1 fully saturated rings. The van der Waals surface area contributed by atoms with Gasteiger partial charge >= 0.3 is 0 Å². The molecular weight excluding hydrogens is 365 g/mol. The summed E-state index contributed by atoms with van der Waals surface area (Å²) in [5.41, 5.74) is 1.25. The lowest BCUT2D eigenvalue weighted by atomic mass is 9.75. The monoisotopic (exact) mass is 393 g/mol. The standard InChI is InChI=1S/C22H28ClNO.ClH/c1-2-22(25,19-11-13-20(23)14-12-19)21(18-9-5-3-6-10-18)17-24-15-7-4-8-16-24;/h3,5-6,9-14,21,25H,2,4,7-8,15-17H2,1H3;1H. The molecule has 1 aliphatic rings. The minimum atomic E-state index is -0.899. The number of benzene rings is 2. The topological polar surface area (TPSA) is 23.5 Å². The lowest BCUT2D eigenvalue weighted by molar-refractivity contribution is -0.0104. The van der Waals surface area contributed by atoms with Crippen LogP contribution in [-0.2, 0) is 5.60 Å². The molecule has 3 rings (SSSR count). The molecule has 0 saturated carbocycles. The molecule has 26 heavy (non-hydrogen) atoms. The highest BCUT2D eigenvalue weighted by atomic mass is 35.5.